The fourth-order valence-corrected chi connectivity index (χ4v) is 3.50. The van der Waals surface area contributed by atoms with Gasteiger partial charge in [0.15, 0.2) is 10.9 Å². The van der Waals surface area contributed by atoms with Crippen LogP contribution in [0.15, 0.2) is 28.7 Å². The van der Waals surface area contributed by atoms with Crippen LogP contribution in [0.2, 0.25) is 0 Å². The molecular formula is C18H23N3O2S. The zero-order chi connectivity index (χ0) is 17.1. The number of hydrogen-bond donors (Lipinski definition) is 3. The summed E-state index contributed by atoms with van der Waals surface area (Å²) >= 11 is 5.29. The monoisotopic (exact) mass is 345 g/mol. The average molecular weight is 345 g/mol. The molecule has 1 saturated carbocycles. The third-order valence-corrected chi connectivity index (χ3v) is 4.99. The summed E-state index contributed by atoms with van der Waals surface area (Å²) in [7, 11) is 0. The van der Waals surface area contributed by atoms with Gasteiger partial charge in [0.25, 0.3) is 0 Å². The van der Waals surface area contributed by atoms with Gasteiger partial charge in [0.05, 0.1) is 0 Å². The summed E-state index contributed by atoms with van der Waals surface area (Å²) in [4.78, 5) is 12.3. The molecule has 6 heteroatoms. The van der Waals surface area contributed by atoms with Gasteiger partial charge in [-0.15, -0.1) is 0 Å². The third kappa shape index (κ3) is 3.53. The van der Waals surface area contributed by atoms with Crippen molar-refractivity contribution in [1.82, 2.24) is 16.2 Å². The first-order valence-electron chi connectivity index (χ1n) is 8.41. The molecule has 1 aromatic heterocycles. The number of rotatable bonds is 2. The van der Waals surface area contributed by atoms with E-state index in [9.17, 15) is 4.79 Å². The Morgan fingerprint density at radius 3 is 2.71 bits per heavy atom. The normalized spacial score (nSPS) is 20.6. The highest BCUT2D eigenvalue weighted by Crippen LogP contribution is 2.25. The van der Waals surface area contributed by atoms with Gasteiger partial charge >= 0.3 is 5.91 Å². The molecule has 1 aliphatic carbocycles. The number of furan rings is 1. The number of para-hydroxylation sites is 1. The van der Waals surface area contributed by atoms with E-state index in [1.165, 1.54) is 19.3 Å². The second-order valence-corrected chi connectivity index (χ2v) is 6.88. The topological polar surface area (TPSA) is 66.3 Å². The Labute approximate surface area is 147 Å². The van der Waals surface area contributed by atoms with Gasteiger partial charge in [0.2, 0.25) is 0 Å². The molecule has 3 N–H and O–H groups in total. The molecule has 5 nitrogen and oxygen atoms in total. The molecule has 0 bridgehead atoms. The molecule has 0 radical (unpaired) electrons. The Bertz CT molecular complexity index is 756. The minimum atomic E-state index is -0.329. The van der Waals surface area contributed by atoms with Crippen LogP contribution < -0.4 is 16.2 Å². The summed E-state index contributed by atoms with van der Waals surface area (Å²) in [5.74, 6) is 0.564. The summed E-state index contributed by atoms with van der Waals surface area (Å²) in [6.07, 6.45) is 4.82. The second-order valence-electron chi connectivity index (χ2n) is 6.47. The molecule has 1 fully saturated rings. The van der Waals surface area contributed by atoms with E-state index in [4.69, 9.17) is 16.6 Å². The molecular weight excluding hydrogens is 322 g/mol. The molecule has 3 rings (SSSR count). The summed E-state index contributed by atoms with van der Waals surface area (Å²) in [5, 5.41) is 4.68. The molecule has 0 spiro atoms. The van der Waals surface area contributed by atoms with Gasteiger partial charge in [0, 0.05) is 17.0 Å². The first-order chi connectivity index (χ1) is 11.6. The Morgan fingerprint density at radius 2 is 1.96 bits per heavy atom. The molecule has 2 aromatic rings. The van der Waals surface area contributed by atoms with Crippen molar-refractivity contribution in [2.75, 3.05) is 0 Å². The maximum atomic E-state index is 12.3. The van der Waals surface area contributed by atoms with Gasteiger partial charge in [-0.3, -0.25) is 15.6 Å². The smallest absolute Gasteiger partial charge is 0.305 e. The van der Waals surface area contributed by atoms with Crippen molar-refractivity contribution < 1.29 is 9.21 Å². The lowest BCUT2D eigenvalue weighted by molar-refractivity contribution is 0.0916. The van der Waals surface area contributed by atoms with Gasteiger partial charge in [-0.2, -0.15) is 0 Å². The number of carbonyl (C=O) groups excluding carboxylic acids is 1. The Kier molecular flexibility index (Phi) is 5.04. The van der Waals surface area contributed by atoms with Crippen LogP contribution >= 0.6 is 12.2 Å². The van der Waals surface area contributed by atoms with E-state index >= 15 is 0 Å². The van der Waals surface area contributed by atoms with E-state index in [1.54, 1.807) is 0 Å². The molecule has 0 unspecified atom stereocenters. The second kappa shape index (κ2) is 7.21. The largest absolute Gasteiger partial charge is 0.451 e. The SMILES string of the molecule is Cc1c(C(=O)NNC(=S)N[C@@H]2CCCC[C@H]2C)oc2ccccc12. The first-order valence-corrected chi connectivity index (χ1v) is 8.82. The van der Waals surface area contributed by atoms with Gasteiger partial charge in [-0.1, -0.05) is 38.0 Å². The van der Waals surface area contributed by atoms with Crippen LogP contribution in [0.5, 0.6) is 0 Å². The fraction of sp³-hybridized carbons (Fsp3) is 0.444. The van der Waals surface area contributed by atoms with Crippen LogP contribution in [0.1, 0.15) is 48.7 Å². The lowest BCUT2D eigenvalue weighted by Gasteiger charge is -2.30. The minimum Gasteiger partial charge on any atom is -0.451 e. The van der Waals surface area contributed by atoms with Crippen molar-refractivity contribution in [2.45, 2.75) is 45.6 Å². The quantitative estimate of drug-likeness (QED) is 0.575. The van der Waals surface area contributed by atoms with Crippen LogP contribution in [0.4, 0.5) is 0 Å². The van der Waals surface area contributed by atoms with E-state index in [-0.39, 0.29) is 5.91 Å². The zero-order valence-corrected chi connectivity index (χ0v) is 14.8. The van der Waals surface area contributed by atoms with E-state index in [2.05, 4.69) is 23.1 Å². The molecule has 2 atom stereocenters. The van der Waals surface area contributed by atoms with E-state index < -0.39 is 0 Å². The van der Waals surface area contributed by atoms with Crippen LogP contribution in [0, 0.1) is 12.8 Å². The average Bonchev–Trinajstić information content (AvgIpc) is 2.92. The number of hydrogen-bond acceptors (Lipinski definition) is 3. The Balaban J connectivity index is 1.58. The number of benzene rings is 1. The van der Waals surface area contributed by atoms with Crippen LogP contribution in [-0.4, -0.2) is 17.1 Å². The third-order valence-electron chi connectivity index (χ3n) is 4.77. The summed E-state index contributed by atoms with van der Waals surface area (Å²) in [5.41, 5.74) is 6.93. The van der Waals surface area contributed by atoms with E-state index in [0.717, 1.165) is 17.4 Å². The molecule has 24 heavy (non-hydrogen) atoms. The van der Waals surface area contributed by atoms with Crippen molar-refractivity contribution in [3.05, 3.63) is 35.6 Å². The lowest BCUT2D eigenvalue weighted by Crippen LogP contribution is -2.51. The number of fused-ring (bicyclic) bond motifs is 1. The molecule has 0 saturated heterocycles. The summed E-state index contributed by atoms with van der Waals surface area (Å²) < 4.78 is 5.64. The summed E-state index contributed by atoms with van der Waals surface area (Å²) in [6, 6.07) is 7.96. The van der Waals surface area contributed by atoms with Crippen molar-refractivity contribution >= 4 is 34.2 Å². The van der Waals surface area contributed by atoms with E-state index in [1.807, 2.05) is 31.2 Å². The molecule has 1 aromatic carbocycles. The molecule has 128 valence electrons. The molecule has 0 aliphatic heterocycles. The standard InChI is InChI=1S/C18H23N3O2S/c1-11-7-3-5-9-14(11)19-18(24)21-20-17(22)16-12(2)13-8-4-6-10-15(13)23-16/h4,6,8,10-11,14H,3,5,7,9H2,1-2H3,(H,20,22)(H2,19,21,24)/t11-,14-/m1/s1. The molecule has 1 amide bonds. The van der Waals surface area contributed by atoms with Crippen molar-refractivity contribution in [2.24, 2.45) is 5.92 Å². The van der Waals surface area contributed by atoms with Crippen LogP contribution in [0.3, 0.4) is 0 Å². The number of aryl methyl sites for hydroxylation is 1. The first kappa shape index (κ1) is 16.8. The van der Waals surface area contributed by atoms with Crippen LogP contribution in [-0.2, 0) is 0 Å². The maximum Gasteiger partial charge on any atom is 0.305 e. The molecule has 1 heterocycles. The number of nitrogens with one attached hydrogen (secondary N) is 3. The highest BCUT2D eigenvalue weighted by Gasteiger charge is 2.22. The van der Waals surface area contributed by atoms with Gasteiger partial charge < -0.3 is 9.73 Å². The number of thiocarbonyl (C=S) groups is 1. The number of carbonyl (C=O) groups is 1. The van der Waals surface area contributed by atoms with E-state index in [0.29, 0.717) is 28.4 Å². The highest BCUT2D eigenvalue weighted by molar-refractivity contribution is 7.80. The minimum absolute atomic E-state index is 0.303. The predicted molar refractivity (Wildman–Crippen MR) is 98.7 cm³/mol. The van der Waals surface area contributed by atoms with Gasteiger partial charge in [0.1, 0.15) is 5.58 Å². The van der Waals surface area contributed by atoms with Crippen molar-refractivity contribution in [3.8, 4) is 0 Å². The molecule has 1 aliphatic rings. The highest BCUT2D eigenvalue weighted by atomic mass is 32.1. The van der Waals surface area contributed by atoms with Gasteiger partial charge in [-0.25, -0.2) is 0 Å². The lowest BCUT2D eigenvalue weighted by atomic mass is 9.86. The number of amides is 1. The number of hydrazine groups is 1. The summed E-state index contributed by atoms with van der Waals surface area (Å²) in [6.45, 7) is 4.11. The Morgan fingerprint density at radius 1 is 1.21 bits per heavy atom. The van der Waals surface area contributed by atoms with Crippen molar-refractivity contribution in [3.63, 3.8) is 0 Å². The predicted octanol–water partition coefficient (Wildman–Crippen LogP) is 3.43. The van der Waals surface area contributed by atoms with Crippen molar-refractivity contribution in [1.29, 1.82) is 0 Å². The fourth-order valence-electron chi connectivity index (χ4n) is 3.30. The Hall–Kier alpha value is -2.08. The van der Waals surface area contributed by atoms with Crippen LogP contribution in [0.25, 0.3) is 11.0 Å². The van der Waals surface area contributed by atoms with Gasteiger partial charge in [-0.05, 0) is 44.0 Å². The zero-order valence-electron chi connectivity index (χ0n) is 14.0. The maximum absolute atomic E-state index is 12.3.